The Bertz CT molecular complexity index is 3460. The zero-order chi connectivity index (χ0) is 68.8. The van der Waals surface area contributed by atoms with Gasteiger partial charge in [0.15, 0.2) is 17.5 Å². The van der Waals surface area contributed by atoms with Gasteiger partial charge in [-0.3, -0.25) is 43.2 Å². The summed E-state index contributed by atoms with van der Waals surface area (Å²) in [4.78, 5) is 156. The number of nitrogens with one attached hydrogen (secondary N) is 6. The Hall–Kier alpha value is -9.19. The number of β-amino-alcohol motifs (C(OH)–C–C–N with tert-alkyl or cyclic N) is 1. The van der Waals surface area contributed by atoms with Gasteiger partial charge in [0.2, 0.25) is 47.3 Å². The van der Waals surface area contributed by atoms with Gasteiger partial charge in [0.05, 0.1) is 36.4 Å². The van der Waals surface area contributed by atoms with E-state index < -0.39 is 150 Å². The van der Waals surface area contributed by atoms with Gasteiger partial charge in [-0.15, -0.1) is 11.8 Å². The molecule has 29 heteroatoms. The van der Waals surface area contributed by atoms with E-state index in [1.165, 1.54) is 26.2 Å². The molecule has 6 rings (SSSR count). The van der Waals surface area contributed by atoms with E-state index in [2.05, 4.69) is 31.6 Å². The number of aliphatic hydroxyl groups excluding tert-OH is 1. The number of thioether (sulfide) groups is 1. The van der Waals surface area contributed by atoms with Crippen molar-refractivity contribution in [2.45, 2.75) is 138 Å². The number of unbranched alkanes of at least 4 members (excludes halogenated alkanes) is 1. The first-order valence-electron chi connectivity index (χ1n) is 30.5. The zero-order valence-electron chi connectivity index (χ0n) is 52.1. The SMILES string of the molecule is CCCC[C@@H](C(=O)N1C[C@H](O)C[C@@H]1C(=O)N[C@H](C=O)CC(=O)O)N(C)C(=O)[C@H](Cc1ccccc1)N(C)C(=O)[C@H](Cc1cc(F)c(F)c(F)c1)NC(=O)CSC[C@@H](C=O)NC(=O)[C@H](CCCN)NC(=O)[C@H](Cc1ccc(O)cc1)NC(=O)[C@@H](N)Cc1c[nH]c2ccccc12. The van der Waals surface area contributed by atoms with Gasteiger partial charge in [-0.05, 0) is 84.8 Å². The van der Waals surface area contributed by atoms with Gasteiger partial charge < -0.3 is 82.6 Å². The molecule has 1 aliphatic rings. The van der Waals surface area contributed by atoms with Crippen LogP contribution in [0.15, 0.2) is 97.2 Å². The zero-order valence-corrected chi connectivity index (χ0v) is 53.0. The maximum atomic E-state index is 15.1. The molecule has 0 unspecified atom stereocenters. The number of fused-ring (bicyclic) bond motifs is 1. The highest BCUT2D eigenvalue weighted by Crippen LogP contribution is 2.26. The highest BCUT2D eigenvalue weighted by Gasteiger charge is 2.45. The summed E-state index contributed by atoms with van der Waals surface area (Å²) in [6.07, 6.45) is 0.227. The average Bonchev–Trinajstić information content (AvgIpc) is 1.43. The third kappa shape index (κ3) is 20.9. The molecule has 0 aliphatic carbocycles. The van der Waals surface area contributed by atoms with Crippen LogP contribution in [0.1, 0.15) is 74.1 Å². The van der Waals surface area contributed by atoms with Crippen molar-refractivity contribution in [1.82, 2.24) is 46.3 Å². The second-order valence-electron chi connectivity index (χ2n) is 23.1. The number of likely N-dealkylation sites (tertiary alicyclic amines) is 1. The van der Waals surface area contributed by atoms with E-state index in [0.29, 0.717) is 42.4 Å². The Morgan fingerprint density at radius 3 is 1.98 bits per heavy atom. The maximum Gasteiger partial charge on any atom is 0.305 e. The number of amides is 8. The molecule has 1 aromatic heterocycles. The largest absolute Gasteiger partial charge is 0.508 e. The molecule has 0 saturated carbocycles. The first-order valence-corrected chi connectivity index (χ1v) is 31.7. The molecule has 1 aliphatic heterocycles. The highest BCUT2D eigenvalue weighted by atomic mass is 32.2. The molecule has 1 fully saturated rings. The Labute approximate surface area is 544 Å². The number of carbonyl (C=O) groups is 11. The Balaban J connectivity index is 1.18. The molecule has 8 amide bonds. The number of carbonyl (C=O) groups excluding carboxylic acids is 10. The molecule has 506 valence electrons. The number of nitrogens with two attached hydrogens (primary N) is 2. The summed E-state index contributed by atoms with van der Waals surface area (Å²) in [6, 6.07) is 10.4. The van der Waals surface area contributed by atoms with Gasteiger partial charge in [-0.2, -0.15) is 0 Å². The first kappa shape index (κ1) is 73.9. The van der Waals surface area contributed by atoms with E-state index in [1.807, 2.05) is 31.2 Å². The normalized spacial score (nSPS) is 16.2. The number of aromatic hydroxyl groups is 1. The van der Waals surface area contributed by atoms with Crippen LogP contribution in [0.25, 0.3) is 10.9 Å². The smallest absolute Gasteiger partial charge is 0.305 e. The topological polar surface area (TPSA) is 386 Å². The number of phenols is 1. The van der Waals surface area contributed by atoms with Crippen LogP contribution < -0.4 is 38.1 Å². The second kappa shape index (κ2) is 35.7. The minimum atomic E-state index is -1.81. The number of aliphatic hydroxyl groups is 1. The Morgan fingerprint density at radius 1 is 0.713 bits per heavy atom. The van der Waals surface area contributed by atoms with Crippen molar-refractivity contribution in [2.75, 3.05) is 38.7 Å². The van der Waals surface area contributed by atoms with Gasteiger partial charge in [-0.25, -0.2) is 13.2 Å². The van der Waals surface area contributed by atoms with Crippen molar-refractivity contribution in [3.63, 3.8) is 0 Å². The molecule has 94 heavy (non-hydrogen) atoms. The van der Waals surface area contributed by atoms with Crippen LogP contribution in [0.2, 0.25) is 0 Å². The van der Waals surface area contributed by atoms with Crippen LogP contribution in [0.3, 0.4) is 0 Å². The Morgan fingerprint density at radius 2 is 1.33 bits per heavy atom. The van der Waals surface area contributed by atoms with Gasteiger partial charge >= 0.3 is 5.97 Å². The number of likely N-dealkylation sites (N-methyl/N-ethyl adjacent to an activating group) is 2. The lowest BCUT2D eigenvalue weighted by atomic mass is 9.99. The molecule has 4 aromatic carbocycles. The number of hydrogen-bond acceptors (Lipinski definition) is 16. The van der Waals surface area contributed by atoms with Gasteiger partial charge in [-0.1, -0.05) is 80.4 Å². The molecule has 1 saturated heterocycles. The van der Waals surface area contributed by atoms with Gasteiger partial charge in [0, 0.05) is 69.2 Å². The van der Waals surface area contributed by atoms with Crippen molar-refractivity contribution < 1.29 is 81.2 Å². The summed E-state index contributed by atoms with van der Waals surface area (Å²) in [5.74, 6) is -14.0. The summed E-state index contributed by atoms with van der Waals surface area (Å²) >= 11 is 0.805. The number of H-pyrrole nitrogens is 1. The van der Waals surface area contributed by atoms with E-state index in [4.69, 9.17) is 11.5 Å². The van der Waals surface area contributed by atoms with Crippen LogP contribution in [0.5, 0.6) is 5.75 Å². The van der Waals surface area contributed by atoms with E-state index in [0.717, 1.165) is 42.9 Å². The molecule has 25 nitrogen and oxygen atoms in total. The number of hydrogen-bond donors (Lipinski definition) is 11. The summed E-state index contributed by atoms with van der Waals surface area (Å²) < 4.78 is 43.9. The lowest BCUT2D eigenvalue weighted by Crippen LogP contribution is -2.59. The molecule has 0 bridgehead atoms. The number of benzene rings is 4. The van der Waals surface area contributed by atoms with Crippen LogP contribution in [-0.2, 0) is 78.4 Å². The summed E-state index contributed by atoms with van der Waals surface area (Å²) in [6.45, 7) is 1.53. The predicted molar refractivity (Wildman–Crippen MR) is 340 cm³/mol. The van der Waals surface area contributed by atoms with Crippen LogP contribution >= 0.6 is 11.8 Å². The molecule has 0 spiro atoms. The fourth-order valence-corrected chi connectivity index (χ4v) is 11.7. The lowest BCUT2D eigenvalue weighted by Gasteiger charge is -2.37. The highest BCUT2D eigenvalue weighted by molar-refractivity contribution is 8.00. The summed E-state index contributed by atoms with van der Waals surface area (Å²) in [7, 11) is 2.52. The molecule has 13 N–H and O–H groups in total. The number of aromatic amines is 1. The van der Waals surface area contributed by atoms with Crippen molar-refractivity contribution in [1.29, 1.82) is 0 Å². The third-order valence-corrected chi connectivity index (χ3v) is 17.0. The molecule has 10 atom stereocenters. The van der Waals surface area contributed by atoms with E-state index in [-0.39, 0.29) is 81.4 Å². The molecule has 0 radical (unpaired) electrons. The predicted octanol–water partition coefficient (Wildman–Crippen LogP) is 1.46. The van der Waals surface area contributed by atoms with Crippen molar-refractivity contribution in [3.05, 3.63) is 137 Å². The van der Waals surface area contributed by atoms with E-state index >= 15 is 4.79 Å². The lowest BCUT2D eigenvalue weighted by molar-refractivity contribution is -0.152. The monoisotopic (exact) mass is 1330 g/mol. The number of rotatable bonds is 36. The number of carboxylic acid groups (broad SMARTS) is 1. The molecule has 5 aromatic rings. The standard InChI is InChI=1S/C65H80F3N11O14S/c1-4-5-17-53(65(93)79-32-44(83)30-54(79)62(90)72-41(33-80)29-57(85)86)77(2)64(92)55(27-37-12-7-6-8-13-37)78(3)63(91)52(26-39-23-46(66)58(68)47(67)24-39)74-56(84)36-94-35-42(34-81)73-60(88)50(16-11-22-69)75-61(89)51(25-38-18-20-43(82)21-19-38)76-59(87)48(70)28-40-31-71-49-15-10-9-14-45(40)49/h6-10,12-15,18-21,23-24,31,33-34,41-42,44,48,50-55,71,82-83H,4-5,11,16-17,22,25-30,32,35-36,69-70H2,1-3H3,(H,72,90)(H,73,88)(H,74,84)(H,75,89)(H,76,87)(H,85,86)/t41-,42+,44+,48-,50-,51-,52-,53-,54+,55-/m0/s1. The average molecular weight is 1330 g/mol. The molecular weight excluding hydrogens is 1250 g/mol. The van der Waals surface area contributed by atoms with Crippen LogP contribution in [0.4, 0.5) is 13.2 Å². The summed E-state index contributed by atoms with van der Waals surface area (Å²) in [5, 5.41) is 43.5. The first-order chi connectivity index (χ1) is 44.9. The number of nitrogens with zero attached hydrogens (tertiary/aromatic N) is 3. The van der Waals surface area contributed by atoms with Crippen molar-refractivity contribution in [3.8, 4) is 5.75 Å². The molecule has 2 heterocycles. The number of aliphatic carboxylic acids is 1. The summed E-state index contributed by atoms with van der Waals surface area (Å²) in [5.41, 5.74) is 14.5. The van der Waals surface area contributed by atoms with Crippen molar-refractivity contribution in [2.24, 2.45) is 11.5 Å². The number of para-hydroxylation sites is 1. The second-order valence-corrected chi connectivity index (χ2v) is 24.1. The van der Waals surface area contributed by atoms with Crippen LogP contribution in [-0.4, -0.2) is 200 Å². The maximum absolute atomic E-state index is 15.1. The number of aromatic nitrogens is 1. The van der Waals surface area contributed by atoms with E-state index in [9.17, 15) is 76.4 Å². The number of phenolic OH excluding ortho intramolecular Hbond substituents is 1. The number of halogens is 3. The fourth-order valence-electron chi connectivity index (χ4n) is 10.9. The quantitative estimate of drug-likeness (QED) is 0.0200. The Kier molecular flexibility index (Phi) is 28.1. The number of aldehydes is 2. The van der Waals surface area contributed by atoms with Gasteiger partial charge in [0.1, 0.15) is 54.6 Å². The van der Waals surface area contributed by atoms with E-state index in [1.54, 1.807) is 48.7 Å². The fraction of sp³-hybridized carbons (Fsp3) is 0.431. The number of carboxylic acids is 1. The van der Waals surface area contributed by atoms with Crippen molar-refractivity contribution >= 4 is 88.5 Å². The van der Waals surface area contributed by atoms with Crippen LogP contribution in [0, 0.1) is 17.5 Å². The minimum absolute atomic E-state index is 0.0110. The minimum Gasteiger partial charge on any atom is -0.508 e. The molecular formula is C65H80F3N11O14S. The third-order valence-electron chi connectivity index (χ3n) is 16.0. The van der Waals surface area contributed by atoms with Gasteiger partial charge in [0.25, 0.3) is 0 Å².